The summed E-state index contributed by atoms with van der Waals surface area (Å²) in [7, 11) is 3.98. The van der Waals surface area contributed by atoms with E-state index >= 15 is 0 Å². The summed E-state index contributed by atoms with van der Waals surface area (Å²) in [6.07, 6.45) is 4.50. The average Bonchev–Trinajstić information content (AvgIpc) is 3.06. The fourth-order valence-electron chi connectivity index (χ4n) is 3.91. The number of hydrogen-bond donors (Lipinski definition) is 0. The molecule has 5 heteroatoms. The first-order valence-electron chi connectivity index (χ1n) is 10.3. The van der Waals surface area contributed by atoms with Crippen LogP contribution in [0.15, 0.2) is 24.3 Å². The molecule has 0 N–H and O–H groups in total. The van der Waals surface area contributed by atoms with Crippen LogP contribution in [0.2, 0.25) is 0 Å². The second-order valence-electron chi connectivity index (χ2n) is 9.13. The predicted molar refractivity (Wildman–Crippen MR) is 123 cm³/mol. The van der Waals surface area contributed by atoms with Crippen molar-refractivity contribution in [3.63, 3.8) is 0 Å². The van der Waals surface area contributed by atoms with E-state index in [1.807, 2.05) is 13.8 Å². The van der Waals surface area contributed by atoms with Gasteiger partial charge in [-0.2, -0.15) is 0 Å². The highest BCUT2D eigenvalue weighted by atomic mass is 35.5. The minimum atomic E-state index is -0.462. The van der Waals surface area contributed by atoms with Gasteiger partial charge in [0, 0.05) is 25.5 Å². The molecule has 0 aromatic heterocycles. The number of rotatable bonds is 10. The Morgan fingerprint density at radius 3 is 2.20 bits per heavy atom. The van der Waals surface area contributed by atoms with Gasteiger partial charge in [0.05, 0.1) is 32.2 Å². The van der Waals surface area contributed by atoms with Crippen molar-refractivity contribution in [3.8, 4) is 0 Å². The molecule has 1 unspecified atom stereocenters. The molecule has 0 aliphatic carbocycles. The van der Waals surface area contributed by atoms with Crippen LogP contribution >= 0.6 is 0 Å². The summed E-state index contributed by atoms with van der Waals surface area (Å²) < 4.78 is 11.4. The molecule has 4 nitrogen and oxygen atoms in total. The van der Waals surface area contributed by atoms with Crippen molar-refractivity contribution in [1.29, 1.82) is 0 Å². The number of methoxy groups -OCH3 is 1. The third-order valence-electron chi connectivity index (χ3n) is 6.03. The van der Waals surface area contributed by atoms with Crippen molar-refractivity contribution in [1.82, 2.24) is 0 Å². The van der Waals surface area contributed by atoms with Gasteiger partial charge in [0.2, 0.25) is 0 Å². The fraction of sp³-hybridized carbons (Fsp3) is 0.720. The van der Waals surface area contributed by atoms with E-state index in [2.05, 4.69) is 38.2 Å². The van der Waals surface area contributed by atoms with Gasteiger partial charge in [-0.1, -0.05) is 46.0 Å². The highest BCUT2D eigenvalue weighted by Crippen LogP contribution is 2.31. The maximum atomic E-state index is 12.2. The summed E-state index contributed by atoms with van der Waals surface area (Å²) in [5, 5.41) is 0. The van der Waals surface area contributed by atoms with E-state index in [9.17, 15) is 4.79 Å². The number of likely N-dealkylation sites (tertiary alicyclic amines) is 1. The summed E-state index contributed by atoms with van der Waals surface area (Å²) in [6.45, 7) is 10.7. The largest absolute Gasteiger partial charge is 1.00 e. The van der Waals surface area contributed by atoms with Crippen LogP contribution in [-0.4, -0.2) is 50.9 Å². The third kappa shape index (κ3) is 9.36. The van der Waals surface area contributed by atoms with Crippen molar-refractivity contribution >= 4 is 5.97 Å². The number of esters is 1. The SMILES string of the molecule is C.C.COCCOC(=O)C(C)(C)CCC(C)c1ccc(C[N+]2(C)CCCC2)cc1.[Cl-]. The van der Waals surface area contributed by atoms with Gasteiger partial charge in [0.15, 0.2) is 0 Å². The van der Waals surface area contributed by atoms with Crippen LogP contribution < -0.4 is 12.4 Å². The molecule has 1 atom stereocenters. The van der Waals surface area contributed by atoms with E-state index in [0.717, 1.165) is 19.4 Å². The Hall–Kier alpha value is -1.10. The number of ether oxygens (including phenoxy) is 2. The van der Waals surface area contributed by atoms with E-state index in [4.69, 9.17) is 9.47 Å². The Bertz CT molecular complexity index is 595. The molecule has 176 valence electrons. The smallest absolute Gasteiger partial charge is 0.311 e. The van der Waals surface area contributed by atoms with Gasteiger partial charge >= 0.3 is 5.97 Å². The van der Waals surface area contributed by atoms with Crippen molar-refractivity contribution in [3.05, 3.63) is 35.4 Å². The molecular formula is C25H46ClNO3. The summed E-state index contributed by atoms with van der Waals surface area (Å²) in [4.78, 5) is 12.2. The normalized spacial score (nSPS) is 15.9. The fourth-order valence-corrected chi connectivity index (χ4v) is 3.91. The van der Waals surface area contributed by atoms with Crippen LogP contribution in [0.1, 0.15) is 78.4 Å². The Kier molecular flexibility index (Phi) is 14.6. The molecule has 1 aliphatic heterocycles. The van der Waals surface area contributed by atoms with Crippen molar-refractivity contribution < 1.29 is 31.2 Å². The van der Waals surface area contributed by atoms with Gasteiger partial charge in [0.1, 0.15) is 13.2 Å². The molecule has 0 saturated carbocycles. The van der Waals surface area contributed by atoms with E-state index < -0.39 is 5.41 Å². The molecule has 0 bridgehead atoms. The van der Waals surface area contributed by atoms with Gasteiger partial charge in [-0.05, 0) is 38.2 Å². The Labute approximate surface area is 192 Å². The molecule has 0 radical (unpaired) electrons. The summed E-state index contributed by atoms with van der Waals surface area (Å²) in [5.41, 5.74) is 2.32. The lowest BCUT2D eigenvalue weighted by Gasteiger charge is -2.29. The number of nitrogens with zero attached hydrogens (tertiary/aromatic N) is 1. The molecule has 1 aromatic carbocycles. The van der Waals surface area contributed by atoms with Crippen LogP contribution in [0, 0.1) is 5.41 Å². The average molecular weight is 444 g/mol. The molecule has 2 rings (SSSR count). The summed E-state index contributed by atoms with van der Waals surface area (Å²) in [5.74, 6) is 0.298. The van der Waals surface area contributed by atoms with Crippen molar-refractivity contribution in [2.45, 2.75) is 73.8 Å². The first-order chi connectivity index (χ1) is 12.8. The van der Waals surface area contributed by atoms with Gasteiger partial charge in [0.25, 0.3) is 0 Å². The van der Waals surface area contributed by atoms with Gasteiger partial charge < -0.3 is 26.4 Å². The first kappa shape index (κ1) is 31.1. The summed E-state index contributed by atoms with van der Waals surface area (Å²) in [6, 6.07) is 9.12. The number of halogens is 1. The zero-order valence-corrected chi connectivity index (χ0v) is 19.1. The second-order valence-corrected chi connectivity index (χ2v) is 9.13. The van der Waals surface area contributed by atoms with E-state index in [1.165, 1.54) is 41.5 Å². The second kappa shape index (κ2) is 14.1. The van der Waals surface area contributed by atoms with E-state index in [0.29, 0.717) is 19.1 Å². The quantitative estimate of drug-likeness (QED) is 0.317. The predicted octanol–water partition coefficient (Wildman–Crippen LogP) is 2.80. The van der Waals surface area contributed by atoms with Gasteiger partial charge in [-0.15, -0.1) is 0 Å². The van der Waals surface area contributed by atoms with Gasteiger partial charge in [-0.25, -0.2) is 0 Å². The molecule has 1 aliphatic rings. The lowest BCUT2D eigenvalue weighted by atomic mass is 9.83. The van der Waals surface area contributed by atoms with Crippen LogP contribution in [0.3, 0.4) is 0 Å². The molecule has 1 fully saturated rings. The van der Waals surface area contributed by atoms with Crippen LogP contribution in [0.25, 0.3) is 0 Å². The molecule has 0 amide bonds. The van der Waals surface area contributed by atoms with Crippen molar-refractivity contribution in [2.24, 2.45) is 5.41 Å². The zero-order chi connectivity index (χ0) is 19.9. The molecule has 0 spiro atoms. The highest BCUT2D eigenvalue weighted by Gasteiger charge is 2.30. The van der Waals surface area contributed by atoms with Crippen LogP contribution in [0.4, 0.5) is 0 Å². The third-order valence-corrected chi connectivity index (χ3v) is 6.03. The van der Waals surface area contributed by atoms with E-state index in [1.54, 1.807) is 7.11 Å². The van der Waals surface area contributed by atoms with Crippen LogP contribution in [-0.2, 0) is 20.8 Å². The molecular weight excluding hydrogens is 398 g/mol. The minimum Gasteiger partial charge on any atom is -1.00 e. The molecule has 1 saturated heterocycles. The molecule has 30 heavy (non-hydrogen) atoms. The Balaban J connectivity index is 0. The lowest BCUT2D eigenvalue weighted by Crippen LogP contribution is -3.00. The van der Waals surface area contributed by atoms with E-state index in [-0.39, 0.29) is 33.2 Å². The zero-order valence-electron chi connectivity index (χ0n) is 18.3. The highest BCUT2D eigenvalue weighted by molar-refractivity contribution is 5.75. The Morgan fingerprint density at radius 2 is 1.67 bits per heavy atom. The Morgan fingerprint density at radius 1 is 1.10 bits per heavy atom. The number of carbonyl (C=O) groups excluding carboxylic acids is 1. The van der Waals surface area contributed by atoms with Gasteiger partial charge in [-0.3, -0.25) is 4.79 Å². The van der Waals surface area contributed by atoms with Crippen molar-refractivity contribution in [2.75, 3.05) is 40.5 Å². The first-order valence-corrected chi connectivity index (χ1v) is 10.3. The molecule has 1 aromatic rings. The summed E-state index contributed by atoms with van der Waals surface area (Å²) >= 11 is 0. The topological polar surface area (TPSA) is 35.5 Å². The lowest BCUT2D eigenvalue weighted by molar-refractivity contribution is -0.910. The maximum absolute atomic E-state index is 12.2. The van der Waals surface area contributed by atoms with Crippen LogP contribution in [0.5, 0.6) is 0 Å². The maximum Gasteiger partial charge on any atom is 0.311 e. The molecule has 1 heterocycles. The monoisotopic (exact) mass is 443 g/mol. The number of hydrogen-bond acceptors (Lipinski definition) is 3. The number of carbonyl (C=O) groups is 1. The number of quaternary nitrogens is 1. The minimum absolute atomic E-state index is 0. The standard InChI is InChI=1S/C23H38NO3.2CH4.ClH/c1-19(12-13-23(2,3)22(25)27-17-16-26-5)21-10-8-20(9-11-21)18-24(4)14-6-7-15-24;;;/h8-11,19H,6-7,12-18H2,1-5H3;2*1H4;1H/q+1;;;/p-1. The number of benzene rings is 1.